The van der Waals surface area contributed by atoms with Crippen molar-refractivity contribution in [2.75, 3.05) is 12.8 Å². The normalized spacial score (nSPS) is 20.5. The molecule has 1 unspecified atom stereocenters. The van der Waals surface area contributed by atoms with Crippen LogP contribution >= 0.6 is 0 Å². The minimum atomic E-state index is -4.00. The molecule has 1 aromatic heterocycles. The summed E-state index contributed by atoms with van der Waals surface area (Å²) in [7, 11) is -7.52. The fourth-order valence-electron chi connectivity index (χ4n) is 2.15. The molecule has 0 aromatic carbocycles. The summed E-state index contributed by atoms with van der Waals surface area (Å²) in [6.45, 7) is 0.118. The van der Waals surface area contributed by atoms with Crippen molar-refractivity contribution in [2.24, 2.45) is 0 Å². The fraction of sp³-hybridized carbons (Fsp3) is 0.455. The number of aromatic nitrogens is 1. The second kappa shape index (κ2) is 5.35. The van der Waals surface area contributed by atoms with Crippen LogP contribution in [-0.4, -0.2) is 56.0 Å². The molecule has 21 heavy (non-hydrogen) atoms. The second-order valence-corrected chi connectivity index (χ2v) is 8.57. The van der Waals surface area contributed by atoms with Crippen molar-refractivity contribution in [3.63, 3.8) is 0 Å². The second-order valence-electron chi connectivity index (χ2n) is 4.72. The Hall–Kier alpha value is -1.52. The Morgan fingerprint density at radius 3 is 2.48 bits per heavy atom. The summed E-state index contributed by atoms with van der Waals surface area (Å²) in [5.74, 6) is -1.20. The van der Waals surface area contributed by atoms with Gasteiger partial charge in [-0.2, -0.15) is 4.31 Å². The highest BCUT2D eigenvalue weighted by Crippen LogP contribution is 2.26. The molecule has 1 N–H and O–H groups in total. The maximum Gasteiger partial charge on any atom is 0.322 e. The molecule has 1 atom stereocenters. The molecule has 1 aromatic rings. The van der Waals surface area contributed by atoms with E-state index in [1.807, 2.05) is 0 Å². The molecule has 2 rings (SSSR count). The Morgan fingerprint density at radius 2 is 2.00 bits per heavy atom. The molecular formula is C11H14N2O6S2. The van der Waals surface area contributed by atoms with Gasteiger partial charge in [0.25, 0.3) is 0 Å². The highest BCUT2D eigenvalue weighted by molar-refractivity contribution is 7.90. The van der Waals surface area contributed by atoms with Crippen LogP contribution in [0, 0.1) is 0 Å². The first-order chi connectivity index (χ1) is 9.64. The summed E-state index contributed by atoms with van der Waals surface area (Å²) in [5, 5.41) is 8.81. The van der Waals surface area contributed by atoms with Crippen molar-refractivity contribution in [3.8, 4) is 0 Å². The van der Waals surface area contributed by atoms with Gasteiger partial charge in [-0.15, -0.1) is 0 Å². The van der Waals surface area contributed by atoms with Gasteiger partial charge in [-0.25, -0.2) is 21.8 Å². The summed E-state index contributed by atoms with van der Waals surface area (Å²) in [5.41, 5.74) is 0. The Labute approximate surface area is 122 Å². The number of nitrogens with zero attached hydrogens (tertiary/aromatic N) is 2. The van der Waals surface area contributed by atoms with Crippen LogP contribution in [0.4, 0.5) is 0 Å². The van der Waals surface area contributed by atoms with E-state index in [9.17, 15) is 21.6 Å². The summed E-state index contributed by atoms with van der Waals surface area (Å²) in [6.07, 6.45) is 2.61. The Kier molecular flexibility index (Phi) is 4.04. The lowest BCUT2D eigenvalue weighted by Gasteiger charge is -2.20. The van der Waals surface area contributed by atoms with Gasteiger partial charge in [0.05, 0.1) is 0 Å². The number of aliphatic carboxylic acids is 1. The van der Waals surface area contributed by atoms with Gasteiger partial charge in [-0.3, -0.25) is 4.79 Å². The highest BCUT2D eigenvalue weighted by atomic mass is 32.2. The number of sulfone groups is 1. The number of rotatable bonds is 4. The Bertz CT molecular complexity index is 754. The molecule has 0 radical (unpaired) electrons. The quantitative estimate of drug-likeness (QED) is 0.803. The topological polar surface area (TPSA) is 122 Å². The summed E-state index contributed by atoms with van der Waals surface area (Å²) in [4.78, 5) is 14.5. The minimum Gasteiger partial charge on any atom is -0.480 e. The van der Waals surface area contributed by atoms with E-state index >= 15 is 0 Å². The summed E-state index contributed by atoms with van der Waals surface area (Å²) >= 11 is 0. The smallest absolute Gasteiger partial charge is 0.322 e. The number of carbonyl (C=O) groups is 1. The predicted molar refractivity (Wildman–Crippen MR) is 71.9 cm³/mol. The van der Waals surface area contributed by atoms with E-state index in [1.165, 1.54) is 0 Å². The molecule has 1 saturated heterocycles. The maximum absolute atomic E-state index is 12.4. The zero-order chi connectivity index (χ0) is 15.8. The standard InChI is InChI=1S/C11H14N2O6S2/c1-20(16,17)10-5-4-8(7-12-10)21(18,19)13-6-2-3-9(13)11(14)15/h4-5,7,9H,2-3,6H2,1H3,(H,14,15). The van der Waals surface area contributed by atoms with E-state index < -0.39 is 31.9 Å². The highest BCUT2D eigenvalue weighted by Gasteiger charge is 2.39. The van der Waals surface area contributed by atoms with E-state index in [2.05, 4.69) is 4.98 Å². The molecule has 0 bridgehead atoms. The fourth-order valence-corrected chi connectivity index (χ4v) is 4.30. The van der Waals surface area contributed by atoms with Crippen LogP contribution in [0.15, 0.2) is 28.3 Å². The molecule has 1 fully saturated rings. The van der Waals surface area contributed by atoms with Crippen LogP contribution in [0.5, 0.6) is 0 Å². The lowest BCUT2D eigenvalue weighted by Crippen LogP contribution is -2.40. The number of carboxylic acids is 1. The maximum atomic E-state index is 12.4. The summed E-state index contributed by atoms with van der Waals surface area (Å²) < 4.78 is 48.3. The molecule has 1 aliphatic heterocycles. The molecule has 8 nitrogen and oxygen atoms in total. The van der Waals surface area contributed by atoms with Crippen LogP contribution in [0.1, 0.15) is 12.8 Å². The lowest BCUT2D eigenvalue weighted by molar-refractivity contribution is -0.140. The number of hydrogen-bond donors (Lipinski definition) is 1. The van der Waals surface area contributed by atoms with E-state index in [4.69, 9.17) is 5.11 Å². The number of pyridine rings is 1. The van der Waals surface area contributed by atoms with E-state index in [-0.39, 0.29) is 22.9 Å². The minimum absolute atomic E-state index is 0.118. The largest absolute Gasteiger partial charge is 0.480 e. The van der Waals surface area contributed by atoms with Crippen molar-refractivity contribution in [1.82, 2.24) is 9.29 Å². The van der Waals surface area contributed by atoms with Gasteiger partial charge in [0, 0.05) is 19.0 Å². The van der Waals surface area contributed by atoms with Gasteiger partial charge in [0.15, 0.2) is 14.9 Å². The van der Waals surface area contributed by atoms with E-state index in [0.717, 1.165) is 28.9 Å². The molecule has 1 aliphatic rings. The Balaban J connectivity index is 2.38. The van der Waals surface area contributed by atoms with Gasteiger partial charge in [-0.05, 0) is 25.0 Å². The van der Waals surface area contributed by atoms with Crippen molar-refractivity contribution in [1.29, 1.82) is 0 Å². The van der Waals surface area contributed by atoms with Gasteiger partial charge in [0.1, 0.15) is 10.9 Å². The third-order valence-electron chi connectivity index (χ3n) is 3.18. The predicted octanol–water partition coefficient (Wildman–Crippen LogP) is -0.277. The van der Waals surface area contributed by atoms with Crippen LogP contribution < -0.4 is 0 Å². The van der Waals surface area contributed by atoms with Crippen LogP contribution in [0.3, 0.4) is 0 Å². The lowest BCUT2D eigenvalue weighted by atomic mass is 10.2. The molecule has 116 valence electrons. The molecule has 0 amide bonds. The SMILES string of the molecule is CS(=O)(=O)c1ccc(S(=O)(=O)N2CCCC2C(=O)O)cn1. The molecule has 0 saturated carbocycles. The van der Waals surface area contributed by atoms with Gasteiger partial charge < -0.3 is 5.11 Å². The molecule has 10 heteroatoms. The van der Waals surface area contributed by atoms with Crippen LogP contribution in [0.25, 0.3) is 0 Å². The first-order valence-electron chi connectivity index (χ1n) is 6.05. The van der Waals surface area contributed by atoms with Crippen molar-refractivity contribution in [2.45, 2.75) is 28.8 Å². The van der Waals surface area contributed by atoms with Gasteiger partial charge in [0.2, 0.25) is 10.0 Å². The molecular weight excluding hydrogens is 320 g/mol. The van der Waals surface area contributed by atoms with Gasteiger partial charge in [-0.1, -0.05) is 0 Å². The number of sulfonamides is 1. The monoisotopic (exact) mass is 334 g/mol. The third kappa shape index (κ3) is 3.06. The zero-order valence-corrected chi connectivity index (χ0v) is 12.8. The third-order valence-corrected chi connectivity index (χ3v) is 6.08. The molecule has 2 heterocycles. The zero-order valence-electron chi connectivity index (χ0n) is 11.1. The van der Waals surface area contributed by atoms with Crippen LogP contribution in [-0.2, 0) is 24.7 Å². The van der Waals surface area contributed by atoms with Crippen molar-refractivity contribution < 1.29 is 26.7 Å². The average molecular weight is 334 g/mol. The average Bonchev–Trinajstić information content (AvgIpc) is 2.88. The molecule has 0 spiro atoms. The first-order valence-corrected chi connectivity index (χ1v) is 9.38. The van der Waals surface area contributed by atoms with Crippen molar-refractivity contribution in [3.05, 3.63) is 18.3 Å². The van der Waals surface area contributed by atoms with E-state index in [0.29, 0.717) is 6.42 Å². The number of carboxylic acid groups (broad SMARTS) is 1. The number of hydrogen-bond acceptors (Lipinski definition) is 6. The first kappa shape index (κ1) is 15.9. The molecule has 0 aliphatic carbocycles. The van der Waals surface area contributed by atoms with Crippen molar-refractivity contribution >= 4 is 25.8 Å². The van der Waals surface area contributed by atoms with E-state index in [1.54, 1.807) is 0 Å². The van der Waals surface area contributed by atoms with Crippen LogP contribution in [0.2, 0.25) is 0 Å². The van der Waals surface area contributed by atoms with Gasteiger partial charge >= 0.3 is 5.97 Å². The summed E-state index contributed by atoms with van der Waals surface area (Å²) in [6, 6.07) is 1.12. The Morgan fingerprint density at radius 1 is 1.33 bits per heavy atom.